The highest BCUT2D eigenvalue weighted by Gasteiger charge is 2.26. The van der Waals surface area contributed by atoms with Gasteiger partial charge in [0, 0.05) is 17.2 Å². The van der Waals surface area contributed by atoms with Crippen LogP contribution in [0.5, 0.6) is 11.5 Å². The van der Waals surface area contributed by atoms with Crippen molar-refractivity contribution in [3.63, 3.8) is 0 Å². The molecule has 33 heavy (non-hydrogen) atoms. The van der Waals surface area contributed by atoms with Crippen LogP contribution in [-0.4, -0.2) is 15.8 Å². The number of ether oxygens (including phenoxy) is 1. The molecule has 4 rings (SSSR count). The van der Waals surface area contributed by atoms with Gasteiger partial charge in [0.05, 0.1) is 17.1 Å². The first-order chi connectivity index (χ1) is 15.7. The molecule has 0 spiro atoms. The van der Waals surface area contributed by atoms with Gasteiger partial charge in [0.25, 0.3) is 0 Å². The maximum Gasteiger partial charge on any atom is 0.325 e. The van der Waals surface area contributed by atoms with Gasteiger partial charge in [0.1, 0.15) is 17.3 Å². The summed E-state index contributed by atoms with van der Waals surface area (Å²) in [6, 6.07) is 25.2. The molecular formula is C26H27N5O2. The minimum Gasteiger partial charge on any atom is -0.457 e. The molecule has 3 aromatic carbocycles. The molecule has 2 amide bonds. The van der Waals surface area contributed by atoms with Crippen LogP contribution in [0.15, 0.2) is 84.9 Å². The second-order valence-corrected chi connectivity index (χ2v) is 8.73. The van der Waals surface area contributed by atoms with Gasteiger partial charge in [-0.25, -0.2) is 14.4 Å². The maximum atomic E-state index is 12.6. The number of aromatic nitrogens is 2. The molecule has 0 fully saturated rings. The van der Waals surface area contributed by atoms with Crippen molar-refractivity contribution in [3.05, 3.63) is 90.6 Å². The third-order valence-electron chi connectivity index (χ3n) is 5.10. The molecule has 0 saturated carbocycles. The zero-order valence-corrected chi connectivity index (χ0v) is 18.9. The summed E-state index contributed by atoms with van der Waals surface area (Å²) in [6.07, 6.45) is 0. The van der Waals surface area contributed by atoms with Gasteiger partial charge >= 0.3 is 6.03 Å². The normalized spacial score (nSPS) is 11.2. The Balaban J connectivity index is 1.76. The van der Waals surface area contributed by atoms with Crippen molar-refractivity contribution in [2.24, 2.45) is 5.73 Å². The largest absolute Gasteiger partial charge is 0.457 e. The second-order valence-electron chi connectivity index (χ2n) is 8.73. The van der Waals surface area contributed by atoms with Gasteiger partial charge in [-0.3, -0.25) is 0 Å². The highest BCUT2D eigenvalue weighted by molar-refractivity contribution is 5.98. The zero-order valence-electron chi connectivity index (χ0n) is 18.9. The molecule has 1 heterocycles. The van der Waals surface area contributed by atoms with E-state index < -0.39 is 6.03 Å². The number of carbonyl (C=O) groups excluding carboxylic acids is 1. The number of benzene rings is 3. The van der Waals surface area contributed by atoms with Crippen molar-refractivity contribution in [1.82, 2.24) is 9.78 Å². The third-order valence-corrected chi connectivity index (χ3v) is 5.10. The summed E-state index contributed by atoms with van der Waals surface area (Å²) in [5.41, 5.74) is 14.3. The average Bonchev–Trinajstić information content (AvgIpc) is 3.21. The Morgan fingerprint density at radius 3 is 2.18 bits per heavy atom. The van der Waals surface area contributed by atoms with E-state index in [0.29, 0.717) is 22.9 Å². The maximum absolute atomic E-state index is 12.6. The molecule has 0 aliphatic rings. The molecule has 7 nitrogen and oxygen atoms in total. The quantitative estimate of drug-likeness (QED) is 0.385. The van der Waals surface area contributed by atoms with Crippen molar-refractivity contribution in [3.8, 4) is 17.2 Å². The molecule has 0 radical (unpaired) electrons. The van der Waals surface area contributed by atoms with E-state index in [0.717, 1.165) is 17.1 Å². The number of para-hydroxylation sites is 1. The Kier molecular flexibility index (Phi) is 5.79. The lowest BCUT2D eigenvalue weighted by Crippen LogP contribution is -2.33. The first-order valence-electron chi connectivity index (χ1n) is 10.6. The van der Waals surface area contributed by atoms with Gasteiger partial charge < -0.3 is 16.2 Å². The molecule has 4 aromatic rings. The van der Waals surface area contributed by atoms with E-state index in [4.69, 9.17) is 21.3 Å². The van der Waals surface area contributed by atoms with E-state index in [1.165, 1.54) is 4.90 Å². The standard InChI is InChI=1S/C26H27N5O2/c1-26(2,3)23-17-24(31(29-23)20-9-7-8-18(27)16-20)30(25(28)32)19-12-14-22(15-13-19)33-21-10-5-4-6-11-21/h4-17H,27H2,1-3H3,(H2,28,32). The van der Waals surface area contributed by atoms with Crippen molar-refractivity contribution in [2.45, 2.75) is 26.2 Å². The van der Waals surface area contributed by atoms with Crippen LogP contribution in [0.3, 0.4) is 0 Å². The topological polar surface area (TPSA) is 99.4 Å². The van der Waals surface area contributed by atoms with Crippen molar-refractivity contribution >= 4 is 23.2 Å². The molecule has 0 aliphatic heterocycles. The smallest absolute Gasteiger partial charge is 0.325 e. The van der Waals surface area contributed by atoms with Crippen LogP contribution in [0.2, 0.25) is 0 Å². The molecule has 0 unspecified atom stereocenters. The van der Waals surface area contributed by atoms with Gasteiger partial charge in [-0.1, -0.05) is 45.0 Å². The van der Waals surface area contributed by atoms with E-state index in [9.17, 15) is 4.79 Å². The molecule has 7 heteroatoms. The van der Waals surface area contributed by atoms with E-state index in [1.807, 2.05) is 48.5 Å². The number of hydrogen-bond acceptors (Lipinski definition) is 4. The summed E-state index contributed by atoms with van der Waals surface area (Å²) in [5.74, 6) is 1.90. The van der Waals surface area contributed by atoms with E-state index in [2.05, 4.69) is 20.8 Å². The highest BCUT2D eigenvalue weighted by atomic mass is 16.5. The summed E-state index contributed by atoms with van der Waals surface area (Å²) in [6.45, 7) is 6.19. The fraction of sp³-hybridized carbons (Fsp3) is 0.154. The predicted molar refractivity (Wildman–Crippen MR) is 131 cm³/mol. The summed E-state index contributed by atoms with van der Waals surface area (Å²) in [5, 5.41) is 4.78. The Morgan fingerprint density at radius 2 is 1.58 bits per heavy atom. The molecule has 0 atom stereocenters. The van der Waals surface area contributed by atoms with Crippen LogP contribution in [0, 0.1) is 0 Å². The van der Waals surface area contributed by atoms with Crippen LogP contribution in [-0.2, 0) is 5.41 Å². The van der Waals surface area contributed by atoms with E-state index in [-0.39, 0.29) is 5.41 Å². The van der Waals surface area contributed by atoms with Crippen LogP contribution in [0.1, 0.15) is 26.5 Å². The van der Waals surface area contributed by atoms with Crippen molar-refractivity contribution in [1.29, 1.82) is 0 Å². The molecule has 0 aliphatic carbocycles. The number of urea groups is 1. The lowest BCUT2D eigenvalue weighted by molar-refractivity contribution is 0.256. The minimum absolute atomic E-state index is 0.239. The zero-order chi connectivity index (χ0) is 23.6. The van der Waals surface area contributed by atoms with Gasteiger partial charge in [0.15, 0.2) is 0 Å². The first-order valence-corrected chi connectivity index (χ1v) is 10.6. The van der Waals surface area contributed by atoms with Crippen LogP contribution < -0.4 is 21.1 Å². The summed E-state index contributed by atoms with van der Waals surface area (Å²) < 4.78 is 7.56. The number of nitrogens with two attached hydrogens (primary N) is 2. The number of primary amides is 1. The lowest BCUT2D eigenvalue weighted by atomic mass is 9.92. The number of nitrogens with zero attached hydrogens (tertiary/aromatic N) is 3. The number of amides is 2. The Bertz CT molecular complexity index is 1260. The molecular weight excluding hydrogens is 414 g/mol. The second kappa shape index (κ2) is 8.70. The Morgan fingerprint density at radius 1 is 0.909 bits per heavy atom. The van der Waals surface area contributed by atoms with Crippen LogP contribution in [0.25, 0.3) is 5.69 Å². The number of anilines is 3. The number of carbonyl (C=O) groups is 1. The first kappa shape index (κ1) is 22.0. The number of nitrogen functional groups attached to an aromatic ring is 1. The van der Waals surface area contributed by atoms with E-state index >= 15 is 0 Å². The molecule has 0 bridgehead atoms. The number of rotatable bonds is 5. The van der Waals surface area contributed by atoms with Gasteiger partial charge in [-0.05, 0) is 54.6 Å². The molecule has 0 saturated heterocycles. The fourth-order valence-electron chi connectivity index (χ4n) is 3.40. The average molecular weight is 442 g/mol. The van der Waals surface area contributed by atoms with Crippen molar-refractivity contribution < 1.29 is 9.53 Å². The Hall–Kier alpha value is -4.26. The number of hydrogen-bond donors (Lipinski definition) is 2. The SMILES string of the molecule is CC(C)(C)c1cc(N(C(N)=O)c2ccc(Oc3ccccc3)cc2)n(-c2cccc(N)c2)n1. The third kappa shape index (κ3) is 4.82. The monoisotopic (exact) mass is 441 g/mol. The van der Waals surface area contributed by atoms with Gasteiger partial charge in [-0.2, -0.15) is 5.10 Å². The predicted octanol–water partition coefficient (Wildman–Crippen LogP) is 5.76. The summed E-state index contributed by atoms with van der Waals surface area (Å²) in [4.78, 5) is 14.1. The van der Waals surface area contributed by atoms with Crippen LogP contribution in [0.4, 0.5) is 22.0 Å². The lowest BCUT2D eigenvalue weighted by Gasteiger charge is -2.22. The molecule has 4 N–H and O–H groups in total. The fourth-order valence-corrected chi connectivity index (χ4v) is 3.40. The Labute approximate surface area is 193 Å². The van der Waals surface area contributed by atoms with Gasteiger partial charge in [0.2, 0.25) is 0 Å². The minimum atomic E-state index is -0.628. The van der Waals surface area contributed by atoms with E-state index in [1.54, 1.807) is 41.1 Å². The van der Waals surface area contributed by atoms with Crippen molar-refractivity contribution in [2.75, 3.05) is 10.6 Å². The summed E-state index contributed by atoms with van der Waals surface area (Å²) in [7, 11) is 0. The molecule has 1 aromatic heterocycles. The summed E-state index contributed by atoms with van der Waals surface area (Å²) >= 11 is 0. The van der Waals surface area contributed by atoms with Crippen LogP contribution >= 0.6 is 0 Å². The highest BCUT2D eigenvalue weighted by Crippen LogP contribution is 2.34. The van der Waals surface area contributed by atoms with Gasteiger partial charge in [-0.15, -0.1) is 0 Å². The molecule has 168 valence electrons.